The normalized spacial score (nSPS) is 26.6. The Morgan fingerprint density at radius 2 is 2.27 bits per heavy atom. The van der Waals surface area contributed by atoms with E-state index in [0.29, 0.717) is 5.56 Å². The van der Waals surface area contributed by atoms with Crippen molar-refractivity contribution in [1.82, 2.24) is 5.32 Å². The average Bonchev–Trinajstić information content (AvgIpc) is 2.23. The SMILES string of the molecule is Cc1ccc([C@@H]2NCCC[C@@H]2N)cc1F. The summed E-state index contributed by atoms with van der Waals surface area (Å²) in [5.41, 5.74) is 7.66. The van der Waals surface area contributed by atoms with E-state index in [1.54, 1.807) is 13.0 Å². The van der Waals surface area contributed by atoms with Crippen LogP contribution in [0.15, 0.2) is 18.2 Å². The third-order valence-electron chi connectivity index (χ3n) is 3.06. The van der Waals surface area contributed by atoms with Gasteiger partial charge in [0, 0.05) is 12.1 Å². The van der Waals surface area contributed by atoms with Gasteiger partial charge in [-0.25, -0.2) is 4.39 Å². The standard InChI is InChI=1S/C12H17FN2/c1-8-4-5-9(7-10(8)13)12-11(14)3-2-6-15-12/h4-5,7,11-12,15H,2-3,6,14H2,1H3/t11-,12-/m0/s1. The summed E-state index contributed by atoms with van der Waals surface area (Å²) < 4.78 is 13.4. The highest BCUT2D eigenvalue weighted by Crippen LogP contribution is 2.23. The molecule has 0 aliphatic carbocycles. The first-order valence-electron chi connectivity index (χ1n) is 5.43. The summed E-state index contributed by atoms with van der Waals surface area (Å²) in [6.45, 7) is 2.74. The van der Waals surface area contributed by atoms with Crippen molar-refractivity contribution in [3.05, 3.63) is 35.1 Å². The molecule has 0 aromatic heterocycles. The predicted molar refractivity (Wildman–Crippen MR) is 59.1 cm³/mol. The number of halogens is 1. The van der Waals surface area contributed by atoms with Gasteiger partial charge in [-0.15, -0.1) is 0 Å². The monoisotopic (exact) mass is 208 g/mol. The van der Waals surface area contributed by atoms with Gasteiger partial charge in [0.2, 0.25) is 0 Å². The molecule has 1 aliphatic heterocycles. The summed E-state index contributed by atoms with van der Waals surface area (Å²) in [6.07, 6.45) is 2.11. The van der Waals surface area contributed by atoms with Crippen LogP contribution in [0.1, 0.15) is 30.0 Å². The lowest BCUT2D eigenvalue weighted by Crippen LogP contribution is -2.42. The number of benzene rings is 1. The Bertz CT molecular complexity index is 351. The molecule has 2 atom stereocenters. The minimum atomic E-state index is -0.146. The molecule has 0 radical (unpaired) electrons. The second-order valence-electron chi connectivity index (χ2n) is 4.25. The van der Waals surface area contributed by atoms with Crippen LogP contribution < -0.4 is 11.1 Å². The molecular weight excluding hydrogens is 191 g/mol. The van der Waals surface area contributed by atoms with Crippen LogP contribution in [0, 0.1) is 12.7 Å². The first-order valence-corrected chi connectivity index (χ1v) is 5.43. The van der Waals surface area contributed by atoms with Crippen LogP contribution in [-0.4, -0.2) is 12.6 Å². The number of rotatable bonds is 1. The number of aryl methyl sites for hydroxylation is 1. The third kappa shape index (κ3) is 2.19. The van der Waals surface area contributed by atoms with Crippen molar-refractivity contribution in [3.8, 4) is 0 Å². The molecule has 1 aromatic carbocycles. The van der Waals surface area contributed by atoms with Crippen molar-refractivity contribution in [2.45, 2.75) is 31.8 Å². The van der Waals surface area contributed by atoms with E-state index >= 15 is 0 Å². The van der Waals surface area contributed by atoms with E-state index in [9.17, 15) is 4.39 Å². The lowest BCUT2D eigenvalue weighted by molar-refractivity contribution is 0.357. The van der Waals surface area contributed by atoms with E-state index in [0.717, 1.165) is 24.9 Å². The van der Waals surface area contributed by atoms with Gasteiger partial charge in [-0.3, -0.25) is 0 Å². The van der Waals surface area contributed by atoms with Crippen LogP contribution in [0.3, 0.4) is 0 Å². The van der Waals surface area contributed by atoms with Gasteiger partial charge in [0.05, 0.1) is 0 Å². The highest BCUT2D eigenvalue weighted by atomic mass is 19.1. The van der Waals surface area contributed by atoms with Crippen LogP contribution in [0.4, 0.5) is 4.39 Å². The van der Waals surface area contributed by atoms with Crippen LogP contribution >= 0.6 is 0 Å². The van der Waals surface area contributed by atoms with E-state index in [-0.39, 0.29) is 17.9 Å². The Kier molecular flexibility index (Phi) is 3.03. The molecule has 3 N–H and O–H groups in total. The van der Waals surface area contributed by atoms with Gasteiger partial charge in [0.1, 0.15) is 5.82 Å². The van der Waals surface area contributed by atoms with Gasteiger partial charge in [-0.1, -0.05) is 12.1 Å². The Balaban J connectivity index is 2.24. The summed E-state index contributed by atoms with van der Waals surface area (Å²) in [7, 11) is 0. The smallest absolute Gasteiger partial charge is 0.126 e. The summed E-state index contributed by atoms with van der Waals surface area (Å²) in [4.78, 5) is 0. The lowest BCUT2D eigenvalue weighted by atomic mass is 9.92. The maximum absolute atomic E-state index is 13.4. The Labute approximate surface area is 89.7 Å². The molecule has 1 heterocycles. The van der Waals surface area contributed by atoms with Crippen molar-refractivity contribution < 1.29 is 4.39 Å². The zero-order valence-electron chi connectivity index (χ0n) is 8.96. The number of nitrogens with one attached hydrogen (secondary N) is 1. The van der Waals surface area contributed by atoms with Gasteiger partial charge in [0.15, 0.2) is 0 Å². The van der Waals surface area contributed by atoms with Crippen LogP contribution in [0.2, 0.25) is 0 Å². The fourth-order valence-electron chi connectivity index (χ4n) is 2.08. The molecule has 2 nitrogen and oxygen atoms in total. The molecule has 1 aliphatic rings. The molecule has 0 bridgehead atoms. The van der Waals surface area contributed by atoms with Crippen molar-refractivity contribution in [3.63, 3.8) is 0 Å². The highest BCUT2D eigenvalue weighted by molar-refractivity contribution is 5.27. The predicted octanol–water partition coefficient (Wildman–Crippen LogP) is 1.89. The second kappa shape index (κ2) is 4.29. The first kappa shape index (κ1) is 10.6. The van der Waals surface area contributed by atoms with E-state index < -0.39 is 0 Å². The maximum Gasteiger partial charge on any atom is 0.126 e. The van der Waals surface area contributed by atoms with Crippen molar-refractivity contribution in [1.29, 1.82) is 0 Å². The summed E-state index contributed by atoms with van der Waals surface area (Å²) in [5.74, 6) is -0.146. The Hall–Kier alpha value is -0.930. The number of piperidine rings is 1. The highest BCUT2D eigenvalue weighted by Gasteiger charge is 2.23. The minimum Gasteiger partial charge on any atom is -0.326 e. The molecule has 1 aromatic rings. The van der Waals surface area contributed by atoms with Crippen LogP contribution in [-0.2, 0) is 0 Å². The van der Waals surface area contributed by atoms with Crippen molar-refractivity contribution >= 4 is 0 Å². The molecule has 15 heavy (non-hydrogen) atoms. The molecule has 1 saturated heterocycles. The summed E-state index contributed by atoms with van der Waals surface area (Å²) >= 11 is 0. The maximum atomic E-state index is 13.4. The Morgan fingerprint density at radius 1 is 1.47 bits per heavy atom. The molecule has 0 spiro atoms. The Morgan fingerprint density at radius 3 is 2.93 bits per heavy atom. The van der Waals surface area contributed by atoms with E-state index in [1.807, 2.05) is 12.1 Å². The van der Waals surface area contributed by atoms with Crippen molar-refractivity contribution in [2.24, 2.45) is 5.73 Å². The van der Waals surface area contributed by atoms with Gasteiger partial charge >= 0.3 is 0 Å². The zero-order chi connectivity index (χ0) is 10.8. The second-order valence-corrected chi connectivity index (χ2v) is 4.25. The topological polar surface area (TPSA) is 38.0 Å². The summed E-state index contributed by atoms with van der Waals surface area (Å²) in [6, 6.07) is 5.57. The number of hydrogen-bond acceptors (Lipinski definition) is 2. The van der Waals surface area contributed by atoms with Crippen LogP contribution in [0.5, 0.6) is 0 Å². The number of hydrogen-bond donors (Lipinski definition) is 2. The third-order valence-corrected chi connectivity index (χ3v) is 3.06. The molecule has 3 heteroatoms. The fraction of sp³-hybridized carbons (Fsp3) is 0.500. The molecule has 82 valence electrons. The van der Waals surface area contributed by atoms with Crippen LogP contribution in [0.25, 0.3) is 0 Å². The zero-order valence-corrected chi connectivity index (χ0v) is 8.96. The largest absolute Gasteiger partial charge is 0.326 e. The van der Waals surface area contributed by atoms with Crippen molar-refractivity contribution in [2.75, 3.05) is 6.54 Å². The molecule has 0 saturated carbocycles. The van der Waals surface area contributed by atoms with Gasteiger partial charge in [-0.2, -0.15) is 0 Å². The minimum absolute atomic E-state index is 0.0980. The fourth-order valence-corrected chi connectivity index (χ4v) is 2.08. The molecule has 0 unspecified atom stereocenters. The quantitative estimate of drug-likeness (QED) is 0.739. The van der Waals surface area contributed by atoms with Gasteiger partial charge in [-0.05, 0) is 43.5 Å². The molecular formula is C12H17FN2. The van der Waals surface area contributed by atoms with E-state index in [2.05, 4.69) is 5.32 Å². The molecule has 1 fully saturated rings. The van der Waals surface area contributed by atoms with E-state index in [4.69, 9.17) is 5.73 Å². The summed E-state index contributed by atoms with van der Waals surface area (Å²) in [5, 5.41) is 3.34. The molecule has 0 amide bonds. The van der Waals surface area contributed by atoms with Gasteiger partial charge < -0.3 is 11.1 Å². The lowest BCUT2D eigenvalue weighted by Gasteiger charge is -2.30. The van der Waals surface area contributed by atoms with Gasteiger partial charge in [0.25, 0.3) is 0 Å². The average molecular weight is 208 g/mol. The number of nitrogens with two attached hydrogens (primary N) is 1. The first-order chi connectivity index (χ1) is 7.18. The molecule has 2 rings (SSSR count). The van der Waals surface area contributed by atoms with E-state index in [1.165, 1.54) is 0 Å².